The number of quaternary nitrogens is 2. The molecule has 0 unspecified atom stereocenters. The minimum atomic E-state index is -0.917. The lowest BCUT2D eigenvalue weighted by Crippen LogP contribution is -3.00. The van der Waals surface area contributed by atoms with Gasteiger partial charge in [0.1, 0.15) is 18.7 Å². The van der Waals surface area contributed by atoms with E-state index in [4.69, 9.17) is 40.7 Å². The molecular formula is C43H72ClN16O7+. The van der Waals surface area contributed by atoms with E-state index in [1.165, 1.54) is 0 Å². The molecule has 5 heterocycles. The molecule has 0 saturated carbocycles. The summed E-state index contributed by atoms with van der Waals surface area (Å²) >= 11 is 0. The second-order valence-corrected chi connectivity index (χ2v) is 16.6. The fraction of sp³-hybridized carbons (Fsp3) is 0.721. The van der Waals surface area contributed by atoms with Gasteiger partial charge in [0.25, 0.3) is 0 Å². The molecule has 24 heteroatoms. The number of carboxylic acid groups (broad SMARTS) is 1. The molecule has 23 nitrogen and oxygen atoms in total. The van der Waals surface area contributed by atoms with Gasteiger partial charge in [-0.3, -0.25) is 14.4 Å². The second-order valence-electron chi connectivity index (χ2n) is 16.6. The lowest BCUT2D eigenvalue weighted by molar-refractivity contribution is -0.368. The summed E-state index contributed by atoms with van der Waals surface area (Å²) in [6, 6.07) is -1.02. The molecular weight excluding hydrogens is 888 g/mol. The van der Waals surface area contributed by atoms with Crippen LogP contribution in [0.3, 0.4) is 0 Å². The fourth-order valence-electron chi connectivity index (χ4n) is 7.76. The van der Waals surface area contributed by atoms with Crippen LogP contribution in [-0.2, 0) is 41.4 Å². The van der Waals surface area contributed by atoms with Gasteiger partial charge >= 0.3 is 5.97 Å². The van der Waals surface area contributed by atoms with Gasteiger partial charge in [-0.15, -0.1) is 16.6 Å². The number of rotatable bonds is 30. The third-order valence-electron chi connectivity index (χ3n) is 11.8. The maximum absolute atomic E-state index is 14.2. The van der Waals surface area contributed by atoms with Crippen molar-refractivity contribution in [1.82, 2.24) is 54.7 Å². The average Bonchev–Trinajstić information content (AvgIpc) is 4.01. The normalized spacial score (nSPS) is 15.4. The van der Waals surface area contributed by atoms with Gasteiger partial charge in [0.15, 0.2) is 0 Å². The number of piperazine rings is 2. The summed E-state index contributed by atoms with van der Waals surface area (Å²) in [5.74, 6) is 2.89. The van der Waals surface area contributed by atoms with Gasteiger partial charge in [0, 0.05) is 77.7 Å². The van der Waals surface area contributed by atoms with Crippen LogP contribution >= 0.6 is 0 Å². The van der Waals surface area contributed by atoms with Crippen molar-refractivity contribution in [2.45, 2.75) is 83.7 Å². The number of halogens is 1. The van der Waals surface area contributed by atoms with Crippen molar-refractivity contribution in [2.75, 3.05) is 127 Å². The number of aryl methyl sites for hydroxylation is 2. The Kier molecular flexibility index (Phi) is 23.9. The first-order valence-corrected chi connectivity index (χ1v) is 23.5. The Balaban J connectivity index is 0.00000980. The van der Waals surface area contributed by atoms with Crippen LogP contribution in [0.1, 0.15) is 82.3 Å². The van der Waals surface area contributed by atoms with E-state index in [1.807, 2.05) is 16.0 Å². The summed E-state index contributed by atoms with van der Waals surface area (Å²) in [6.07, 6.45) is 14.8. The van der Waals surface area contributed by atoms with Crippen LogP contribution in [0.15, 0.2) is 12.4 Å². The zero-order valence-corrected chi connectivity index (χ0v) is 40.1. The summed E-state index contributed by atoms with van der Waals surface area (Å²) in [5, 5.41) is 29.7. The SMILES string of the molecule is C#CCOCCOCCOCCNc1nc(N2CCN(C(=O)[C@H]([C@@H](C)CC)n3cc(CCCC[NH3+])nn3)CC2)nc(N2CCN(C(=O)[C@H](CCCC[NH3+])n3cc(CCC(=O)O)nn3)CC2)n1.[Cl-]. The molecule has 2 aliphatic rings. The summed E-state index contributed by atoms with van der Waals surface area (Å²) in [7, 11) is 0. The van der Waals surface area contributed by atoms with E-state index in [0.717, 1.165) is 57.3 Å². The van der Waals surface area contributed by atoms with Crippen molar-refractivity contribution in [1.29, 1.82) is 0 Å². The van der Waals surface area contributed by atoms with Gasteiger partial charge in [-0.25, -0.2) is 9.36 Å². The van der Waals surface area contributed by atoms with E-state index in [9.17, 15) is 14.4 Å². The Hall–Kier alpha value is -5.25. The van der Waals surface area contributed by atoms with Crippen LogP contribution in [0.4, 0.5) is 17.8 Å². The van der Waals surface area contributed by atoms with Crippen LogP contribution in [-0.4, -0.2) is 189 Å². The number of aliphatic carboxylic acids is 1. The number of carboxylic acids is 1. The fourth-order valence-corrected chi connectivity index (χ4v) is 7.76. The topological polar surface area (TPSA) is 279 Å². The van der Waals surface area contributed by atoms with Crippen molar-refractivity contribution < 1.29 is 57.6 Å². The van der Waals surface area contributed by atoms with Crippen LogP contribution in [0.5, 0.6) is 0 Å². The number of nitrogens with one attached hydrogen (secondary N) is 1. The number of aromatic nitrogens is 9. The average molecular weight is 961 g/mol. The highest BCUT2D eigenvalue weighted by Crippen LogP contribution is 2.26. The van der Waals surface area contributed by atoms with Gasteiger partial charge in [0.05, 0.1) is 63.9 Å². The van der Waals surface area contributed by atoms with E-state index >= 15 is 0 Å². The molecule has 0 spiro atoms. The van der Waals surface area contributed by atoms with Gasteiger partial charge in [-0.2, -0.15) is 15.0 Å². The lowest BCUT2D eigenvalue weighted by atomic mass is 9.97. The van der Waals surface area contributed by atoms with E-state index < -0.39 is 18.1 Å². The largest absolute Gasteiger partial charge is 1.00 e. The molecule has 0 radical (unpaired) electrons. The summed E-state index contributed by atoms with van der Waals surface area (Å²) in [4.78, 5) is 61.9. The molecule has 2 amide bonds. The number of anilines is 3. The number of hydrogen-bond acceptors (Lipinski definition) is 16. The highest BCUT2D eigenvalue weighted by molar-refractivity contribution is 5.81. The van der Waals surface area contributed by atoms with Crippen LogP contribution in [0, 0.1) is 18.3 Å². The predicted molar refractivity (Wildman–Crippen MR) is 243 cm³/mol. The standard InChI is InChI=1S/C43H70N16O7.ClH/c1-4-25-64-27-29-66-30-28-65-26-16-46-41-47-42(56-21-17-54(18-22-56)39(62)36(11-7-9-15-45)58-31-35(51-52-58)12-13-37(60)61)49-43(48-41)57-23-19-55(20-24-57)40(63)38(33(3)5-2)59-32-34(50-53-59)10-6-8-14-44;/h1,31-33,36,38H,5-30,44-45H2,2-3H3,(H,60,61)(H,46,47,48,49);1H/p+1/t33-,36-,38-;/m0./s1. The minimum Gasteiger partial charge on any atom is -1.00 e. The quantitative estimate of drug-likeness (QED) is 0.0366. The zero-order valence-electron chi connectivity index (χ0n) is 39.4. The highest BCUT2D eigenvalue weighted by Gasteiger charge is 2.35. The Morgan fingerprint density at radius 2 is 1.31 bits per heavy atom. The Morgan fingerprint density at radius 1 is 0.761 bits per heavy atom. The minimum absolute atomic E-state index is 0. The van der Waals surface area contributed by atoms with Crippen molar-refractivity contribution in [3.8, 4) is 12.3 Å². The number of ether oxygens (including phenoxy) is 3. The predicted octanol–water partition coefficient (Wildman–Crippen LogP) is -4.03. The van der Waals surface area contributed by atoms with Crippen molar-refractivity contribution in [3.05, 3.63) is 23.8 Å². The van der Waals surface area contributed by atoms with Gasteiger partial charge in [0.2, 0.25) is 29.7 Å². The van der Waals surface area contributed by atoms with E-state index in [1.54, 1.807) is 15.6 Å². The Labute approximate surface area is 399 Å². The van der Waals surface area contributed by atoms with Gasteiger partial charge in [-0.05, 0) is 44.4 Å². The van der Waals surface area contributed by atoms with Gasteiger partial charge < -0.3 is 68.1 Å². The molecule has 2 saturated heterocycles. The number of carbonyl (C=O) groups is 3. The third kappa shape index (κ3) is 17.1. The van der Waals surface area contributed by atoms with Gasteiger partial charge in [-0.1, -0.05) is 36.6 Å². The number of amides is 2. The molecule has 67 heavy (non-hydrogen) atoms. The highest BCUT2D eigenvalue weighted by atomic mass is 35.5. The van der Waals surface area contributed by atoms with Crippen molar-refractivity contribution >= 4 is 35.6 Å². The van der Waals surface area contributed by atoms with Crippen LogP contribution in [0.25, 0.3) is 0 Å². The maximum atomic E-state index is 14.2. The molecule has 0 aliphatic carbocycles. The first-order chi connectivity index (χ1) is 32.1. The third-order valence-corrected chi connectivity index (χ3v) is 11.8. The molecule has 0 aromatic carbocycles. The first kappa shape index (κ1) is 54.4. The first-order valence-electron chi connectivity index (χ1n) is 23.5. The molecule has 372 valence electrons. The van der Waals surface area contributed by atoms with Crippen LogP contribution < -0.4 is 39.0 Å². The number of terminal acetylenes is 1. The molecule has 3 aromatic rings. The molecule has 3 aromatic heterocycles. The summed E-state index contributed by atoms with van der Waals surface area (Å²) in [5.41, 5.74) is 9.30. The smallest absolute Gasteiger partial charge is 0.303 e. The van der Waals surface area contributed by atoms with Crippen LogP contribution in [0.2, 0.25) is 0 Å². The van der Waals surface area contributed by atoms with E-state index in [2.05, 4.69) is 67.0 Å². The number of hydrogen-bond donors (Lipinski definition) is 4. The van der Waals surface area contributed by atoms with E-state index in [-0.39, 0.29) is 49.6 Å². The molecule has 0 bridgehead atoms. The summed E-state index contributed by atoms with van der Waals surface area (Å²) < 4.78 is 19.9. The summed E-state index contributed by atoms with van der Waals surface area (Å²) in [6.45, 7) is 12.4. The Bertz CT molecular complexity index is 1970. The number of carbonyl (C=O) groups excluding carboxylic acids is 2. The van der Waals surface area contributed by atoms with E-state index in [0.29, 0.717) is 122 Å². The molecule has 8 N–H and O–H groups in total. The molecule has 2 fully saturated rings. The second kappa shape index (κ2) is 29.5. The zero-order chi connectivity index (χ0) is 47.1. The molecule has 2 aliphatic heterocycles. The number of nitrogens with zero attached hydrogens (tertiary/aromatic N) is 13. The lowest BCUT2D eigenvalue weighted by Gasteiger charge is -2.38. The Morgan fingerprint density at radius 3 is 1.91 bits per heavy atom. The van der Waals surface area contributed by atoms with Crippen molar-refractivity contribution in [2.24, 2.45) is 5.92 Å². The van der Waals surface area contributed by atoms with Crippen molar-refractivity contribution in [3.63, 3.8) is 0 Å². The molecule has 5 rings (SSSR count). The molecule has 3 atom stereocenters. The monoisotopic (exact) mass is 960 g/mol. The number of unbranched alkanes of at least 4 members (excludes halogenated alkanes) is 2. The maximum Gasteiger partial charge on any atom is 0.303 e.